The van der Waals surface area contributed by atoms with Gasteiger partial charge in [-0.15, -0.1) is 0 Å². The van der Waals surface area contributed by atoms with Gasteiger partial charge in [0, 0.05) is 6.61 Å². The predicted octanol–water partition coefficient (Wildman–Crippen LogP) is 3.36. The van der Waals surface area contributed by atoms with Crippen LogP contribution in [0.25, 0.3) is 16.6 Å². The quantitative estimate of drug-likeness (QED) is 0.315. The largest absolute Gasteiger partial charge is 0.376 e. The molecule has 1 N–H and O–H groups in total. The summed E-state index contributed by atoms with van der Waals surface area (Å²) in [7, 11) is 0. The Morgan fingerprint density at radius 3 is 2.77 bits per heavy atom. The van der Waals surface area contributed by atoms with Crippen LogP contribution < -0.4 is 10.9 Å². The molecule has 1 fully saturated rings. The molecule has 0 bridgehead atoms. The van der Waals surface area contributed by atoms with Crippen LogP contribution in [-0.2, 0) is 16.1 Å². The molecule has 176 valence electrons. The highest BCUT2D eigenvalue weighted by Gasteiger charge is 2.21. The molecule has 1 saturated heterocycles. The number of carbonyl (C=O) groups excluding carboxylic acids is 1. The molecule has 1 aliphatic rings. The van der Waals surface area contributed by atoms with Crippen molar-refractivity contribution in [1.82, 2.24) is 19.3 Å². The van der Waals surface area contributed by atoms with E-state index in [1.807, 2.05) is 42.5 Å². The van der Waals surface area contributed by atoms with Crippen LogP contribution in [0.1, 0.15) is 18.4 Å². The fraction of sp³-hybridized carbons (Fsp3) is 0.240. The van der Waals surface area contributed by atoms with Gasteiger partial charge in [-0.05, 0) is 37.1 Å². The number of rotatable bonds is 7. The highest BCUT2D eigenvalue weighted by molar-refractivity contribution is 7.99. The van der Waals surface area contributed by atoms with Gasteiger partial charge >= 0.3 is 0 Å². The van der Waals surface area contributed by atoms with Crippen LogP contribution in [0, 0.1) is 11.3 Å². The Labute approximate surface area is 205 Å². The van der Waals surface area contributed by atoms with Gasteiger partial charge in [-0.25, -0.2) is 9.67 Å². The first-order chi connectivity index (χ1) is 17.1. The van der Waals surface area contributed by atoms with E-state index in [1.165, 1.54) is 22.6 Å². The van der Waals surface area contributed by atoms with E-state index in [1.54, 1.807) is 16.7 Å². The zero-order valence-electron chi connectivity index (χ0n) is 18.8. The monoisotopic (exact) mass is 486 g/mol. The van der Waals surface area contributed by atoms with Gasteiger partial charge in [0.25, 0.3) is 5.56 Å². The van der Waals surface area contributed by atoms with Crippen LogP contribution in [0.4, 0.5) is 5.82 Å². The number of aromatic nitrogens is 4. The van der Waals surface area contributed by atoms with E-state index in [4.69, 9.17) is 4.74 Å². The molecule has 4 aromatic rings. The van der Waals surface area contributed by atoms with Crippen molar-refractivity contribution in [3.63, 3.8) is 0 Å². The summed E-state index contributed by atoms with van der Waals surface area (Å²) >= 11 is 1.18. The van der Waals surface area contributed by atoms with Gasteiger partial charge in [-0.1, -0.05) is 42.1 Å². The number of hydrogen-bond acceptors (Lipinski definition) is 7. The van der Waals surface area contributed by atoms with Crippen molar-refractivity contribution in [2.24, 2.45) is 0 Å². The topological polar surface area (TPSA) is 115 Å². The number of fused-ring (bicyclic) bond motifs is 1. The molecule has 9 nitrogen and oxygen atoms in total. The summed E-state index contributed by atoms with van der Waals surface area (Å²) in [6.07, 6.45) is 3.20. The molecule has 2 aromatic carbocycles. The van der Waals surface area contributed by atoms with Gasteiger partial charge in [0.2, 0.25) is 5.91 Å². The minimum Gasteiger partial charge on any atom is -0.376 e. The molecule has 3 heterocycles. The third kappa shape index (κ3) is 4.82. The van der Waals surface area contributed by atoms with Crippen LogP contribution in [-0.4, -0.2) is 43.7 Å². The molecule has 1 unspecified atom stereocenters. The molecule has 10 heteroatoms. The molecule has 35 heavy (non-hydrogen) atoms. The molecule has 0 radical (unpaired) electrons. The van der Waals surface area contributed by atoms with E-state index in [0.29, 0.717) is 35.0 Å². The van der Waals surface area contributed by atoms with E-state index >= 15 is 0 Å². The highest BCUT2D eigenvalue weighted by Crippen LogP contribution is 2.23. The van der Waals surface area contributed by atoms with Gasteiger partial charge in [0.15, 0.2) is 11.0 Å². The van der Waals surface area contributed by atoms with Gasteiger partial charge in [-0.2, -0.15) is 10.4 Å². The lowest BCUT2D eigenvalue weighted by atomic mass is 10.2. The zero-order chi connectivity index (χ0) is 24.2. The summed E-state index contributed by atoms with van der Waals surface area (Å²) in [5.74, 6) is -0.0380. The Hall–Kier alpha value is -3.94. The smallest absolute Gasteiger partial charge is 0.262 e. The molecule has 0 spiro atoms. The maximum atomic E-state index is 13.2. The van der Waals surface area contributed by atoms with Crippen molar-refractivity contribution in [3.8, 4) is 11.8 Å². The Kier molecular flexibility index (Phi) is 6.61. The first kappa shape index (κ1) is 22.8. The minimum absolute atomic E-state index is 0.00113. The standard InChI is InChI=1S/C25H22N6O3S/c26-13-17-14-27-31(18-7-2-1-3-8-18)23(17)29-22(32)16-35-25-28-21-11-5-4-10-20(21)24(33)30(25)15-19-9-6-12-34-19/h1-5,7-8,10-11,14,19H,6,9,12,15-16H2,(H,29,32). The number of carbonyl (C=O) groups is 1. The second-order valence-electron chi connectivity index (χ2n) is 8.07. The Bertz CT molecular complexity index is 1470. The lowest BCUT2D eigenvalue weighted by Crippen LogP contribution is -2.29. The number of hydrogen-bond donors (Lipinski definition) is 1. The van der Waals surface area contributed by atoms with Crippen LogP contribution in [0.3, 0.4) is 0 Å². The van der Waals surface area contributed by atoms with Gasteiger partial charge in [-0.3, -0.25) is 14.2 Å². The van der Waals surface area contributed by atoms with Gasteiger partial charge < -0.3 is 10.1 Å². The third-order valence-corrected chi connectivity index (χ3v) is 6.69. The number of ether oxygens (including phenoxy) is 1. The number of nitrogens with one attached hydrogen (secondary N) is 1. The molecule has 0 aliphatic carbocycles. The number of nitriles is 1. The van der Waals surface area contributed by atoms with E-state index in [0.717, 1.165) is 18.5 Å². The third-order valence-electron chi connectivity index (χ3n) is 5.72. The number of para-hydroxylation sites is 2. The number of amides is 1. The zero-order valence-corrected chi connectivity index (χ0v) is 19.6. The first-order valence-electron chi connectivity index (χ1n) is 11.2. The van der Waals surface area contributed by atoms with Crippen LogP contribution in [0.15, 0.2) is 70.7 Å². The molecular weight excluding hydrogens is 464 g/mol. The fourth-order valence-corrected chi connectivity index (χ4v) is 4.83. The lowest BCUT2D eigenvalue weighted by molar-refractivity contribution is -0.113. The summed E-state index contributed by atoms with van der Waals surface area (Å²) in [6.45, 7) is 1.07. The van der Waals surface area contributed by atoms with Crippen LogP contribution in [0.2, 0.25) is 0 Å². The van der Waals surface area contributed by atoms with E-state index in [-0.39, 0.29) is 28.9 Å². The second-order valence-corrected chi connectivity index (χ2v) is 9.01. The molecule has 1 atom stereocenters. The van der Waals surface area contributed by atoms with Crippen LogP contribution in [0.5, 0.6) is 0 Å². The summed E-state index contributed by atoms with van der Waals surface area (Å²) in [6, 6.07) is 18.5. The van der Waals surface area contributed by atoms with E-state index in [9.17, 15) is 14.9 Å². The summed E-state index contributed by atoms with van der Waals surface area (Å²) in [4.78, 5) is 30.8. The Morgan fingerprint density at radius 1 is 1.20 bits per heavy atom. The first-order valence-corrected chi connectivity index (χ1v) is 12.2. The average Bonchev–Trinajstić information content (AvgIpc) is 3.55. The van der Waals surface area contributed by atoms with E-state index < -0.39 is 0 Å². The second kappa shape index (κ2) is 10.1. The van der Waals surface area contributed by atoms with Crippen molar-refractivity contribution in [2.75, 3.05) is 17.7 Å². The SMILES string of the molecule is N#Cc1cnn(-c2ccccc2)c1NC(=O)CSc1nc2ccccc2c(=O)n1CC1CCCO1. The molecule has 0 saturated carbocycles. The molecular formula is C25H22N6O3S. The normalized spacial score (nSPS) is 15.2. The Morgan fingerprint density at radius 2 is 2.00 bits per heavy atom. The Balaban J connectivity index is 1.39. The van der Waals surface area contributed by atoms with Crippen LogP contribution >= 0.6 is 11.8 Å². The predicted molar refractivity (Wildman–Crippen MR) is 133 cm³/mol. The maximum absolute atomic E-state index is 13.2. The average molecular weight is 487 g/mol. The number of nitrogens with zero attached hydrogens (tertiary/aromatic N) is 5. The molecule has 1 amide bonds. The van der Waals surface area contributed by atoms with Crippen molar-refractivity contribution >= 4 is 34.4 Å². The molecule has 5 rings (SSSR count). The van der Waals surface area contributed by atoms with Crippen molar-refractivity contribution in [1.29, 1.82) is 5.26 Å². The van der Waals surface area contributed by atoms with Crippen molar-refractivity contribution < 1.29 is 9.53 Å². The summed E-state index contributed by atoms with van der Waals surface area (Å²) in [5, 5.41) is 17.5. The minimum atomic E-state index is -0.338. The van der Waals surface area contributed by atoms with Crippen molar-refractivity contribution in [2.45, 2.75) is 30.6 Å². The molecule has 1 aliphatic heterocycles. The van der Waals surface area contributed by atoms with Crippen molar-refractivity contribution in [3.05, 3.63) is 76.7 Å². The number of anilines is 1. The summed E-state index contributed by atoms with van der Waals surface area (Å²) < 4.78 is 8.86. The maximum Gasteiger partial charge on any atom is 0.262 e. The number of benzene rings is 2. The van der Waals surface area contributed by atoms with Gasteiger partial charge in [0.05, 0.1) is 41.2 Å². The fourth-order valence-electron chi connectivity index (χ4n) is 4.02. The van der Waals surface area contributed by atoms with E-state index in [2.05, 4.69) is 21.5 Å². The highest BCUT2D eigenvalue weighted by atomic mass is 32.2. The molecule has 2 aromatic heterocycles. The number of thioether (sulfide) groups is 1. The summed E-state index contributed by atoms with van der Waals surface area (Å²) in [5.41, 5.74) is 1.41. The van der Waals surface area contributed by atoms with Gasteiger partial charge in [0.1, 0.15) is 11.6 Å². The lowest BCUT2D eigenvalue weighted by Gasteiger charge is -2.16.